The number of benzene rings is 1. The van der Waals surface area contributed by atoms with E-state index < -0.39 is 5.97 Å². The molecule has 1 aromatic rings. The van der Waals surface area contributed by atoms with Gasteiger partial charge in [0.2, 0.25) is 5.91 Å². The van der Waals surface area contributed by atoms with Crippen LogP contribution in [0.25, 0.3) is 0 Å². The van der Waals surface area contributed by atoms with E-state index in [1.165, 1.54) is 22.2 Å². The van der Waals surface area contributed by atoms with E-state index in [1.54, 1.807) is 0 Å². The van der Waals surface area contributed by atoms with Gasteiger partial charge in [0.1, 0.15) is 6.54 Å². The molecule has 0 aromatic heterocycles. The Balaban J connectivity index is 2.10. The topological polar surface area (TPSA) is 57.6 Å². The largest absolute Gasteiger partial charge is 0.480 e. The molecule has 1 atom stereocenters. The zero-order valence-electron chi connectivity index (χ0n) is 11.0. The highest BCUT2D eigenvalue weighted by Gasteiger charge is 2.33. The molecule has 19 heavy (non-hydrogen) atoms. The third-order valence-electron chi connectivity index (χ3n) is 3.13. The average Bonchev–Trinajstić information content (AvgIpc) is 2.78. The number of hydrogen-bond donors (Lipinski definition) is 1. The Bertz CT molecular complexity index is 476. The van der Waals surface area contributed by atoms with Crippen LogP contribution in [-0.4, -0.2) is 39.7 Å². The number of hydrogen-bond acceptors (Lipinski definition) is 3. The summed E-state index contributed by atoms with van der Waals surface area (Å²) in [6.07, 6.45) is 0.683. The lowest BCUT2D eigenvalue weighted by Gasteiger charge is -2.27. The third-order valence-corrected chi connectivity index (χ3v) is 4.44. The van der Waals surface area contributed by atoms with Crippen LogP contribution in [0.4, 0.5) is 0 Å². The number of nitrogens with zero attached hydrogens (tertiary/aromatic N) is 1. The Morgan fingerprint density at radius 1 is 1.42 bits per heavy atom. The van der Waals surface area contributed by atoms with Gasteiger partial charge in [-0.05, 0) is 31.9 Å². The summed E-state index contributed by atoms with van der Waals surface area (Å²) in [4.78, 5) is 25.8. The number of thioether (sulfide) groups is 1. The van der Waals surface area contributed by atoms with Crippen molar-refractivity contribution in [3.05, 3.63) is 29.8 Å². The van der Waals surface area contributed by atoms with Gasteiger partial charge in [0.15, 0.2) is 0 Å². The lowest BCUT2D eigenvalue weighted by molar-refractivity contribution is -0.145. The molecular weight excluding hydrogens is 262 g/mol. The molecule has 1 unspecified atom stereocenters. The molecule has 1 N–H and O–H groups in total. The predicted molar refractivity (Wildman–Crippen MR) is 74.3 cm³/mol. The van der Waals surface area contributed by atoms with E-state index in [0.717, 1.165) is 4.90 Å². The highest BCUT2D eigenvalue weighted by atomic mass is 32.2. The monoisotopic (exact) mass is 279 g/mol. The molecule has 1 heterocycles. The van der Waals surface area contributed by atoms with Crippen molar-refractivity contribution in [2.75, 3.05) is 6.54 Å². The summed E-state index contributed by atoms with van der Waals surface area (Å²) in [5, 5.41) is 8.70. The minimum Gasteiger partial charge on any atom is -0.480 e. The van der Waals surface area contributed by atoms with Gasteiger partial charge in [0, 0.05) is 10.9 Å². The number of carboxylic acid groups (broad SMARTS) is 1. The summed E-state index contributed by atoms with van der Waals surface area (Å²) >= 11 is 1.53. The van der Waals surface area contributed by atoms with Crippen molar-refractivity contribution in [3.63, 3.8) is 0 Å². The Morgan fingerprint density at radius 2 is 2.11 bits per heavy atom. The van der Waals surface area contributed by atoms with Crippen LogP contribution in [0.2, 0.25) is 0 Å². The summed E-state index contributed by atoms with van der Waals surface area (Å²) in [7, 11) is 0. The maximum Gasteiger partial charge on any atom is 0.323 e. The fourth-order valence-corrected chi connectivity index (χ4v) is 3.43. The van der Waals surface area contributed by atoms with E-state index in [2.05, 4.69) is 0 Å². The lowest BCUT2D eigenvalue weighted by atomic mass is 10.1. The Hall–Kier alpha value is -1.49. The van der Waals surface area contributed by atoms with Crippen LogP contribution in [0, 0.1) is 0 Å². The van der Waals surface area contributed by atoms with E-state index in [0.29, 0.717) is 6.42 Å². The molecule has 0 radical (unpaired) electrons. The zero-order chi connectivity index (χ0) is 14.0. The molecule has 1 aliphatic rings. The first kappa shape index (κ1) is 13.9. The van der Waals surface area contributed by atoms with E-state index in [-0.39, 0.29) is 23.7 Å². The molecule has 0 aliphatic carbocycles. The molecule has 0 saturated carbocycles. The summed E-state index contributed by atoms with van der Waals surface area (Å²) in [6, 6.07) is 7.84. The Morgan fingerprint density at radius 3 is 2.68 bits per heavy atom. The van der Waals surface area contributed by atoms with Crippen molar-refractivity contribution in [2.24, 2.45) is 0 Å². The van der Waals surface area contributed by atoms with E-state index in [1.807, 2.05) is 38.1 Å². The predicted octanol–water partition coefficient (Wildman–Crippen LogP) is 2.02. The number of aliphatic carboxylic acids is 1. The van der Waals surface area contributed by atoms with Crippen molar-refractivity contribution in [2.45, 2.75) is 36.5 Å². The molecule has 0 spiro atoms. The van der Waals surface area contributed by atoms with Crippen molar-refractivity contribution >= 4 is 23.6 Å². The van der Waals surface area contributed by atoms with Gasteiger partial charge in [-0.25, -0.2) is 0 Å². The maximum absolute atomic E-state index is 12.4. The minimum atomic E-state index is -0.970. The molecule has 2 rings (SSSR count). The minimum absolute atomic E-state index is 0.0846. The molecule has 0 fully saturated rings. The number of carbonyl (C=O) groups excluding carboxylic acids is 1. The van der Waals surface area contributed by atoms with Crippen molar-refractivity contribution in [1.82, 2.24) is 4.90 Å². The highest BCUT2D eigenvalue weighted by Crippen LogP contribution is 2.37. The SMILES string of the molecule is CC(C)N(CC(=O)O)C(=O)C1Cc2ccccc2S1. The summed E-state index contributed by atoms with van der Waals surface area (Å²) < 4.78 is 0. The summed E-state index contributed by atoms with van der Waals surface area (Å²) in [6.45, 7) is 3.45. The first-order valence-electron chi connectivity index (χ1n) is 6.26. The molecule has 5 heteroatoms. The Kier molecular flexibility index (Phi) is 4.14. The van der Waals surface area contributed by atoms with Gasteiger partial charge in [-0.15, -0.1) is 11.8 Å². The van der Waals surface area contributed by atoms with E-state index in [9.17, 15) is 9.59 Å². The average molecular weight is 279 g/mol. The number of carbonyl (C=O) groups is 2. The van der Waals surface area contributed by atoms with Crippen molar-refractivity contribution in [1.29, 1.82) is 0 Å². The molecule has 1 aromatic carbocycles. The van der Waals surface area contributed by atoms with Crippen LogP contribution < -0.4 is 0 Å². The maximum atomic E-state index is 12.4. The van der Waals surface area contributed by atoms with Gasteiger partial charge >= 0.3 is 5.97 Å². The van der Waals surface area contributed by atoms with Gasteiger partial charge < -0.3 is 10.0 Å². The fourth-order valence-electron chi connectivity index (χ4n) is 2.17. The normalized spacial score (nSPS) is 17.3. The van der Waals surface area contributed by atoms with Gasteiger partial charge in [-0.1, -0.05) is 18.2 Å². The lowest BCUT2D eigenvalue weighted by Crippen LogP contribution is -2.45. The second kappa shape index (κ2) is 5.65. The quantitative estimate of drug-likeness (QED) is 0.916. The summed E-state index contributed by atoms with van der Waals surface area (Å²) in [5.41, 5.74) is 1.17. The molecule has 1 amide bonds. The van der Waals surface area contributed by atoms with Crippen LogP contribution in [-0.2, 0) is 16.0 Å². The van der Waals surface area contributed by atoms with Crippen molar-refractivity contribution < 1.29 is 14.7 Å². The molecule has 1 aliphatic heterocycles. The smallest absolute Gasteiger partial charge is 0.323 e. The number of amides is 1. The van der Waals surface area contributed by atoms with Crippen LogP contribution in [0.15, 0.2) is 29.2 Å². The molecule has 102 valence electrons. The highest BCUT2D eigenvalue weighted by molar-refractivity contribution is 8.01. The molecule has 0 bridgehead atoms. The number of carboxylic acids is 1. The third kappa shape index (κ3) is 3.10. The van der Waals surface area contributed by atoms with E-state index >= 15 is 0 Å². The Labute approximate surface area is 116 Å². The zero-order valence-corrected chi connectivity index (χ0v) is 11.8. The van der Waals surface area contributed by atoms with E-state index in [4.69, 9.17) is 5.11 Å². The standard InChI is InChI=1S/C14H17NO3S/c1-9(2)15(8-13(16)17)14(18)12-7-10-5-3-4-6-11(10)19-12/h3-6,9,12H,7-8H2,1-2H3,(H,16,17). The van der Waals surface area contributed by atoms with Crippen molar-refractivity contribution in [3.8, 4) is 0 Å². The van der Waals surface area contributed by atoms with Gasteiger partial charge in [-0.2, -0.15) is 0 Å². The molecule has 0 saturated heterocycles. The van der Waals surface area contributed by atoms with Gasteiger partial charge in [-0.3, -0.25) is 9.59 Å². The fraction of sp³-hybridized carbons (Fsp3) is 0.429. The van der Waals surface area contributed by atoms with Crippen LogP contribution in [0.3, 0.4) is 0 Å². The second-order valence-corrected chi connectivity index (χ2v) is 6.12. The molecule has 4 nitrogen and oxygen atoms in total. The molecular formula is C14H17NO3S. The number of fused-ring (bicyclic) bond motifs is 1. The first-order valence-corrected chi connectivity index (χ1v) is 7.14. The van der Waals surface area contributed by atoms with Gasteiger partial charge in [0.05, 0.1) is 5.25 Å². The first-order chi connectivity index (χ1) is 8.99. The van der Waals surface area contributed by atoms with Crippen LogP contribution in [0.1, 0.15) is 19.4 Å². The number of rotatable bonds is 4. The summed E-state index contributed by atoms with van der Waals surface area (Å²) in [5.74, 6) is -1.05. The van der Waals surface area contributed by atoms with Gasteiger partial charge in [0.25, 0.3) is 0 Å². The van der Waals surface area contributed by atoms with Crippen LogP contribution in [0.5, 0.6) is 0 Å². The van der Waals surface area contributed by atoms with Crippen LogP contribution >= 0.6 is 11.8 Å². The second-order valence-electron chi connectivity index (χ2n) is 4.87.